The van der Waals surface area contributed by atoms with Crippen molar-refractivity contribution in [2.45, 2.75) is 19.6 Å². The highest BCUT2D eigenvalue weighted by atomic mass is 32.1. The van der Waals surface area contributed by atoms with E-state index in [1.807, 2.05) is 36.4 Å². The van der Waals surface area contributed by atoms with Gasteiger partial charge in [-0.15, -0.1) is 0 Å². The molecule has 44 heavy (non-hydrogen) atoms. The third-order valence-electron chi connectivity index (χ3n) is 7.11. The summed E-state index contributed by atoms with van der Waals surface area (Å²) in [6.07, 6.45) is 1.69. The number of thiazole rings is 1. The zero-order chi connectivity index (χ0) is 30.6. The van der Waals surface area contributed by atoms with Crippen LogP contribution < -0.4 is 19.6 Å². The van der Waals surface area contributed by atoms with Crippen LogP contribution >= 0.6 is 11.3 Å². The van der Waals surface area contributed by atoms with Crippen molar-refractivity contribution in [2.75, 3.05) is 6.61 Å². The van der Waals surface area contributed by atoms with E-state index in [4.69, 9.17) is 14.5 Å². The molecular weight excluding hydrogens is 582 g/mol. The van der Waals surface area contributed by atoms with Crippen LogP contribution in [0.2, 0.25) is 0 Å². The van der Waals surface area contributed by atoms with Crippen LogP contribution in [0.3, 0.4) is 0 Å². The molecule has 5 aromatic rings. The molecule has 0 spiro atoms. The molecule has 0 unspecified atom stereocenters. The number of benzene rings is 4. The molecule has 4 aromatic carbocycles. The molecule has 1 aliphatic rings. The molecule has 6 nitrogen and oxygen atoms in total. The number of ether oxygens (including phenoxy) is 2. The number of hydrogen-bond donors (Lipinski definition) is 0. The highest BCUT2D eigenvalue weighted by molar-refractivity contribution is 7.07. The van der Waals surface area contributed by atoms with Crippen LogP contribution in [0, 0.1) is 11.6 Å². The predicted molar refractivity (Wildman–Crippen MR) is 165 cm³/mol. The predicted octanol–water partition coefficient (Wildman–Crippen LogP) is 5.79. The van der Waals surface area contributed by atoms with Gasteiger partial charge >= 0.3 is 5.97 Å². The maximum absolute atomic E-state index is 14.2. The molecule has 0 radical (unpaired) electrons. The van der Waals surface area contributed by atoms with Gasteiger partial charge in [-0.2, -0.15) is 0 Å². The van der Waals surface area contributed by atoms with Gasteiger partial charge in [-0.25, -0.2) is 18.6 Å². The Labute approximate surface area is 255 Å². The van der Waals surface area contributed by atoms with Gasteiger partial charge in [0.05, 0.1) is 28.5 Å². The topological polar surface area (TPSA) is 69.9 Å². The molecule has 0 fully saturated rings. The summed E-state index contributed by atoms with van der Waals surface area (Å²) in [5, 5.41) is 0. The summed E-state index contributed by atoms with van der Waals surface area (Å²) in [5.41, 5.74) is 2.38. The minimum atomic E-state index is -0.921. The maximum Gasteiger partial charge on any atom is 0.338 e. The lowest BCUT2D eigenvalue weighted by Gasteiger charge is -2.25. The zero-order valence-corrected chi connectivity index (χ0v) is 24.4. The Kier molecular flexibility index (Phi) is 8.29. The quantitative estimate of drug-likeness (QED) is 0.209. The Hall–Kier alpha value is -5.15. The van der Waals surface area contributed by atoms with Crippen molar-refractivity contribution in [3.8, 4) is 5.75 Å². The number of halogens is 2. The molecule has 220 valence electrons. The fourth-order valence-corrected chi connectivity index (χ4v) is 6.04. The number of para-hydroxylation sites is 1. The summed E-state index contributed by atoms with van der Waals surface area (Å²) in [4.78, 5) is 32.8. The van der Waals surface area contributed by atoms with E-state index in [1.165, 1.54) is 22.8 Å². The SMILES string of the molecule is CCOC(=O)C1=C(c2ccccc2)N=c2s/c(=C\c3ccccc3OCc3ccccc3F)c(=O)n2[C@@H]1c1ccc(F)cc1. The number of rotatable bonds is 8. The van der Waals surface area contributed by atoms with Crippen LogP contribution in [0.5, 0.6) is 5.75 Å². The lowest BCUT2D eigenvalue weighted by Crippen LogP contribution is -2.40. The van der Waals surface area contributed by atoms with Crippen molar-refractivity contribution in [2.24, 2.45) is 4.99 Å². The number of fused-ring (bicyclic) bond motifs is 1. The molecule has 1 aliphatic heterocycles. The monoisotopic (exact) mass is 608 g/mol. The molecule has 0 bridgehead atoms. The molecule has 0 aliphatic carbocycles. The van der Waals surface area contributed by atoms with Crippen molar-refractivity contribution in [1.82, 2.24) is 4.57 Å². The summed E-state index contributed by atoms with van der Waals surface area (Å²) in [5.74, 6) is -0.969. The van der Waals surface area contributed by atoms with Crippen LogP contribution in [0.1, 0.15) is 35.2 Å². The lowest BCUT2D eigenvalue weighted by molar-refractivity contribution is -0.138. The van der Waals surface area contributed by atoms with Gasteiger partial charge in [-0.05, 0) is 42.8 Å². The molecule has 0 saturated heterocycles. The molecule has 0 saturated carbocycles. The summed E-state index contributed by atoms with van der Waals surface area (Å²) >= 11 is 1.16. The highest BCUT2D eigenvalue weighted by Gasteiger charge is 2.35. The smallest absolute Gasteiger partial charge is 0.338 e. The van der Waals surface area contributed by atoms with Crippen molar-refractivity contribution in [3.05, 3.63) is 162 Å². The second-order valence-electron chi connectivity index (χ2n) is 9.90. The second kappa shape index (κ2) is 12.6. The Bertz CT molecular complexity index is 2050. The van der Waals surface area contributed by atoms with E-state index >= 15 is 0 Å². The number of esters is 1. The van der Waals surface area contributed by atoms with Crippen molar-refractivity contribution in [1.29, 1.82) is 0 Å². The first kappa shape index (κ1) is 28.9. The first-order valence-electron chi connectivity index (χ1n) is 13.9. The van der Waals surface area contributed by atoms with E-state index in [0.717, 1.165) is 11.3 Å². The Morgan fingerprint density at radius 3 is 2.39 bits per heavy atom. The molecule has 0 amide bonds. The Balaban J connectivity index is 1.52. The minimum Gasteiger partial charge on any atom is -0.488 e. The third kappa shape index (κ3) is 5.74. The summed E-state index contributed by atoms with van der Waals surface area (Å²) in [7, 11) is 0. The highest BCUT2D eigenvalue weighted by Crippen LogP contribution is 2.35. The molecule has 2 heterocycles. The summed E-state index contributed by atoms with van der Waals surface area (Å²) < 4.78 is 41.4. The van der Waals surface area contributed by atoms with Crippen LogP contribution in [0.25, 0.3) is 11.8 Å². The molecule has 0 N–H and O–H groups in total. The Morgan fingerprint density at radius 1 is 0.932 bits per heavy atom. The van der Waals surface area contributed by atoms with Gasteiger partial charge in [0.15, 0.2) is 4.80 Å². The second-order valence-corrected chi connectivity index (χ2v) is 10.9. The number of nitrogens with zero attached hydrogens (tertiary/aromatic N) is 2. The van der Waals surface area contributed by atoms with E-state index in [2.05, 4.69) is 0 Å². The average molecular weight is 609 g/mol. The third-order valence-corrected chi connectivity index (χ3v) is 8.09. The van der Waals surface area contributed by atoms with Crippen LogP contribution in [-0.4, -0.2) is 17.1 Å². The van der Waals surface area contributed by atoms with E-state index < -0.39 is 17.8 Å². The summed E-state index contributed by atoms with van der Waals surface area (Å²) in [6, 6.07) is 27.5. The van der Waals surface area contributed by atoms with Gasteiger partial charge in [0.2, 0.25) is 0 Å². The van der Waals surface area contributed by atoms with Gasteiger partial charge in [0.1, 0.15) is 24.0 Å². The zero-order valence-electron chi connectivity index (χ0n) is 23.6. The van der Waals surface area contributed by atoms with Gasteiger partial charge in [0.25, 0.3) is 5.56 Å². The number of hydrogen-bond acceptors (Lipinski definition) is 6. The van der Waals surface area contributed by atoms with Gasteiger partial charge in [0, 0.05) is 16.7 Å². The van der Waals surface area contributed by atoms with Crippen molar-refractivity contribution < 1.29 is 23.0 Å². The van der Waals surface area contributed by atoms with Gasteiger partial charge < -0.3 is 9.47 Å². The summed E-state index contributed by atoms with van der Waals surface area (Å²) in [6.45, 7) is 1.83. The lowest BCUT2D eigenvalue weighted by atomic mass is 9.93. The van der Waals surface area contributed by atoms with E-state index in [1.54, 1.807) is 61.5 Å². The van der Waals surface area contributed by atoms with Gasteiger partial charge in [-0.3, -0.25) is 9.36 Å². The Morgan fingerprint density at radius 2 is 1.64 bits per heavy atom. The standard InChI is InChI=1S/C35H26F2N2O4S/c1-2-42-34(41)30-31(22-10-4-3-5-11-22)38-35-39(32(30)23-16-18-26(36)19-17-23)33(40)29(44-35)20-24-12-7-9-15-28(24)43-21-25-13-6-8-14-27(25)37/h3-20,32H,2,21H2,1H3/b29-20-/t32-/m1/s1. The molecular formula is C35H26F2N2O4S. The van der Waals surface area contributed by atoms with E-state index in [0.29, 0.717) is 43.0 Å². The van der Waals surface area contributed by atoms with Crippen LogP contribution in [-0.2, 0) is 16.1 Å². The molecule has 9 heteroatoms. The van der Waals surface area contributed by atoms with Crippen molar-refractivity contribution >= 4 is 29.1 Å². The molecule has 1 atom stereocenters. The minimum absolute atomic E-state index is 0.00663. The molecule has 1 aromatic heterocycles. The van der Waals surface area contributed by atoms with Gasteiger partial charge in [-0.1, -0.05) is 90.2 Å². The van der Waals surface area contributed by atoms with Crippen LogP contribution in [0.15, 0.2) is 118 Å². The first-order valence-corrected chi connectivity index (χ1v) is 14.8. The number of carbonyl (C=O) groups excluding carboxylic acids is 1. The average Bonchev–Trinajstić information content (AvgIpc) is 3.35. The normalized spacial score (nSPS) is 14.6. The van der Waals surface area contributed by atoms with E-state index in [-0.39, 0.29) is 30.2 Å². The fourth-order valence-electron chi connectivity index (χ4n) is 5.04. The van der Waals surface area contributed by atoms with Crippen molar-refractivity contribution in [3.63, 3.8) is 0 Å². The molecule has 6 rings (SSSR count). The fraction of sp³-hybridized carbons (Fsp3) is 0.114. The first-order chi connectivity index (χ1) is 21.4. The maximum atomic E-state index is 14.2. The van der Waals surface area contributed by atoms with Crippen LogP contribution in [0.4, 0.5) is 8.78 Å². The van der Waals surface area contributed by atoms with E-state index in [9.17, 15) is 18.4 Å². The number of carbonyl (C=O) groups is 1. The number of aromatic nitrogens is 1. The largest absolute Gasteiger partial charge is 0.488 e.